The van der Waals surface area contributed by atoms with Gasteiger partial charge in [0.05, 0.1) is 0 Å². The molecule has 0 fully saturated rings. The molecular formula is C15H19ClN3O+. The van der Waals surface area contributed by atoms with E-state index in [-0.39, 0.29) is 0 Å². The summed E-state index contributed by atoms with van der Waals surface area (Å²) in [6.07, 6.45) is 1.81. The molecule has 106 valence electrons. The summed E-state index contributed by atoms with van der Waals surface area (Å²) in [5.74, 6) is 1.14. The van der Waals surface area contributed by atoms with Gasteiger partial charge in [0.1, 0.15) is 0 Å². The van der Waals surface area contributed by atoms with Crippen molar-refractivity contribution in [2.24, 2.45) is 0 Å². The Labute approximate surface area is 124 Å². The smallest absolute Gasteiger partial charge is 0.282 e. The molecule has 0 unspecified atom stereocenters. The molecule has 0 saturated heterocycles. The molecule has 0 radical (unpaired) electrons. The Morgan fingerprint density at radius 2 is 2.00 bits per heavy atom. The van der Waals surface area contributed by atoms with Crippen LogP contribution in [-0.4, -0.2) is 19.9 Å². The average Bonchev–Trinajstić information content (AvgIpc) is 2.83. The van der Waals surface area contributed by atoms with E-state index in [9.17, 15) is 0 Å². The molecule has 0 saturated carbocycles. The second-order valence-electron chi connectivity index (χ2n) is 4.71. The Morgan fingerprint density at radius 1 is 1.25 bits per heavy atom. The molecule has 1 aromatic heterocycles. The molecule has 4 nitrogen and oxygen atoms in total. The van der Waals surface area contributed by atoms with Crippen molar-refractivity contribution >= 4 is 22.5 Å². The van der Waals surface area contributed by atoms with Crippen LogP contribution in [0.1, 0.15) is 37.1 Å². The molecule has 0 bridgehead atoms. The lowest BCUT2D eigenvalue weighted by Gasteiger charge is -2.06. The van der Waals surface area contributed by atoms with Gasteiger partial charge in [-0.1, -0.05) is 25.1 Å². The molecule has 5 heteroatoms. The van der Waals surface area contributed by atoms with Crippen molar-refractivity contribution in [2.75, 3.05) is 0 Å². The zero-order valence-electron chi connectivity index (χ0n) is 12.1. The van der Waals surface area contributed by atoms with Crippen LogP contribution in [0.2, 0.25) is 0 Å². The Kier molecular flexibility index (Phi) is 4.90. The van der Waals surface area contributed by atoms with Crippen LogP contribution in [-0.2, 0) is 6.54 Å². The van der Waals surface area contributed by atoms with Crippen LogP contribution in [0.15, 0.2) is 28.7 Å². The highest BCUT2D eigenvalue weighted by Gasteiger charge is 2.21. The molecule has 0 amide bonds. The molecule has 0 aliphatic heterocycles. The normalized spacial score (nSPS) is 12.4. The van der Waals surface area contributed by atoms with E-state index in [1.807, 2.05) is 16.7 Å². The number of hydrogen-bond donors (Lipinski definition) is 0. The summed E-state index contributed by atoms with van der Waals surface area (Å²) in [6, 6.07) is 8.14. The molecule has 1 aromatic carbocycles. The minimum absolute atomic E-state index is 0.491. The van der Waals surface area contributed by atoms with Gasteiger partial charge in [0.25, 0.3) is 11.1 Å². The van der Waals surface area contributed by atoms with Gasteiger partial charge in [-0.2, -0.15) is 4.58 Å². The molecular weight excluding hydrogens is 274 g/mol. The van der Waals surface area contributed by atoms with Crippen molar-refractivity contribution < 1.29 is 8.99 Å². The van der Waals surface area contributed by atoms with Gasteiger partial charge in [-0.25, -0.2) is 0 Å². The number of halogens is 1. The molecule has 2 rings (SSSR count). The molecule has 0 spiro atoms. The van der Waals surface area contributed by atoms with Crippen molar-refractivity contribution in [3.8, 4) is 0 Å². The van der Waals surface area contributed by atoms with Gasteiger partial charge in [0.15, 0.2) is 0 Å². The summed E-state index contributed by atoms with van der Waals surface area (Å²) in [4.78, 5) is 0. The van der Waals surface area contributed by atoms with Crippen LogP contribution >= 0.6 is 11.6 Å². The van der Waals surface area contributed by atoms with E-state index in [0.29, 0.717) is 18.3 Å². The van der Waals surface area contributed by atoms with Crippen LogP contribution in [0.5, 0.6) is 0 Å². The number of para-hydroxylation sites is 1. The average molecular weight is 293 g/mol. The van der Waals surface area contributed by atoms with Gasteiger partial charge in [0, 0.05) is 25.0 Å². The standard InChI is InChI=1S/C15H19ClN3O/c1-4-7-14(16)19(10-15-18-17-12(3)20-15)13-9-6-5-8-11(13)2/h5-6,8-9H,4,7,10H2,1-3H3/q+1. The van der Waals surface area contributed by atoms with Gasteiger partial charge >= 0.3 is 0 Å². The van der Waals surface area contributed by atoms with Gasteiger partial charge in [0.2, 0.25) is 18.1 Å². The quantitative estimate of drug-likeness (QED) is 0.618. The first-order valence-electron chi connectivity index (χ1n) is 6.75. The highest BCUT2D eigenvalue weighted by atomic mass is 35.5. The topological polar surface area (TPSA) is 41.9 Å². The lowest BCUT2D eigenvalue weighted by Crippen LogP contribution is -2.14. The molecule has 1 heterocycles. The van der Waals surface area contributed by atoms with E-state index in [4.69, 9.17) is 16.0 Å². The van der Waals surface area contributed by atoms with E-state index in [1.165, 1.54) is 0 Å². The van der Waals surface area contributed by atoms with Gasteiger partial charge < -0.3 is 4.42 Å². The van der Waals surface area contributed by atoms with Crippen molar-refractivity contribution in [1.29, 1.82) is 0 Å². The predicted molar refractivity (Wildman–Crippen MR) is 79.6 cm³/mol. The zero-order chi connectivity index (χ0) is 14.5. The zero-order valence-corrected chi connectivity index (χ0v) is 12.8. The number of benzene rings is 1. The van der Waals surface area contributed by atoms with E-state index in [1.54, 1.807) is 6.92 Å². The fourth-order valence-corrected chi connectivity index (χ4v) is 2.39. The van der Waals surface area contributed by atoms with E-state index < -0.39 is 0 Å². The van der Waals surface area contributed by atoms with Crippen molar-refractivity contribution in [1.82, 2.24) is 10.2 Å². The number of nitrogens with zero attached hydrogens (tertiary/aromatic N) is 3. The highest BCUT2D eigenvalue weighted by Crippen LogP contribution is 2.21. The summed E-state index contributed by atoms with van der Waals surface area (Å²) in [5, 5.41) is 8.71. The molecule has 0 atom stereocenters. The summed E-state index contributed by atoms with van der Waals surface area (Å²) >= 11 is 6.46. The van der Waals surface area contributed by atoms with Crippen LogP contribution < -0.4 is 0 Å². The van der Waals surface area contributed by atoms with Gasteiger partial charge in [-0.15, -0.1) is 10.2 Å². The lowest BCUT2D eigenvalue weighted by molar-refractivity contribution is -0.461. The number of aromatic nitrogens is 2. The summed E-state index contributed by atoms with van der Waals surface area (Å²) in [5.41, 5.74) is 2.24. The van der Waals surface area contributed by atoms with E-state index in [2.05, 4.69) is 36.2 Å². The monoisotopic (exact) mass is 292 g/mol. The molecule has 2 aromatic rings. The third kappa shape index (κ3) is 3.45. The minimum atomic E-state index is 0.491. The number of rotatable bonds is 5. The van der Waals surface area contributed by atoms with Crippen molar-refractivity contribution in [3.05, 3.63) is 41.6 Å². The summed E-state index contributed by atoms with van der Waals surface area (Å²) in [7, 11) is 0. The molecule has 0 aliphatic rings. The minimum Gasteiger partial charge on any atom is -0.420 e. The molecule has 0 N–H and O–H groups in total. The number of hydrogen-bond acceptors (Lipinski definition) is 3. The van der Waals surface area contributed by atoms with E-state index in [0.717, 1.165) is 29.3 Å². The highest BCUT2D eigenvalue weighted by molar-refractivity contribution is 6.63. The third-order valence-corrected chi connectivity index (χ3v) is 3.41. The maximum Gasteiger partial charge on any atom is 0.282 e. The second kappa shape index (κ2) is 6.66. The van der Waals surface area contributed by atoms with Crippen LogP contribution in [0.3, 0.4) is 0 Å². The van der Waals surface area contributed by atoms with Crippen molar-refractivity contribution in [3.63, 3.8) is 0 Å². The van der Waals surface area contributed by atoms with E-state index >= 15 is 0 Å². The molecule has 0 aliphatic carbocycles. The summed E-state index contributed by atoms with van der Waals surface area (Å²) < 4.78 is 7.50. The van der Waals surface area contributed by atoms with Crippen molar-refractivity contribution in [2.45, 2.75) is 40.2 Å². The SMILES string of the molecule is CCCC(Cl)=[N+](Cc1nnc(C)o1)c1ccccc1C. The first-order valence-corrected chi connectivity index (χ1v) is 7.13. The summed E-state index contributed by atoms with van der Waals surface area (Å²) in [6.45, 7) is 6.45. The maximum atomic E-state index is 6.46. The molecule has 20 heavy (non-hydrogen) atoms. The Morgan fingerprint density at radius 3 is 2.60 bits per heavy atom. The van der Waals surface area contributed by atoms with Crippen LogP contribution in [0.25, 0.3) is 0 Å². The van der Waals surface area contributed by atoms with Crippen LogP contribution in [0, 0.1) is 13.8 Å². The second-order valence-corrected chi connectivity index (χ2v) is 5.15. The largest absolute Gasteiger partial charge is 0.420 e. The first kappa shape index (κ1) is 14.7. The Hall–Kier alpha value is -1.68. The Bertz CT molecular complexity index is 619. The maximum absolute atomic E-state index is 6.46. The fraction of sp³-hybridized carbons (Fsp3) is 0.400. The first-order chi connectivity index (χ1) is 9.61. The fourth-order valence-electron chi connectivity index (χ4n) is 2.05. The lowest BCUT2D eigenvalue weighted by atomic mass is 10.2. The predicted octanol–water partition coefficient (Wildman–Crippen LogP) is 3.97. The third-order valence-electron chi connectivity index (χ3n) is 3.02. The van der Waals surface area contributed by atoms with Gasteiger partial charge in [-0.3, -0.25) is 0 Å². The van der Waals surface area contributed by atoms with Crippen LogP contribution in [0.4, 0.5) is 5.69 Å². The Balaban J connectivity index is 2.40. The van der Waals surface area contributed by atoms with Gasteiger partial charge in [-0.05, 0) is 24.9 Å². The number of aryl methyl sites for hydroxylation is 2.